The molecule has 0 N–H and O–H groups in total. The lowest BCUT2D eigenvalue weighted by Gasteiger charge is -2.45. The summed E-state index contributed by atoms with van der Waals surface area (Å²) in [6, 6.07) is 0. The van der Waals surface area contributed by atoms with E-state index >= 15 is 0 Å². The van der Waals surface area contributed by atoms with Gasteiger partial charge in [0.05, 0.1) is 6.10 Å². The highest BCUT2D eigenvalue weighted by molar-refractivity contribution is 6.63. The Morgan fingerprint density at radius 1 is 0.737 bits per heavy atom. The first-order chi connectivity index (χ1) is 8.98. The Bertz CT molecular complexity index is 235. The first kappa shape index (κ1) is 18.9. The van der Waals surface area contributed by atoms with Crippen molar-refractivity contribution in [3.63, 3.8) is 0 Å². The van der Waals surface area contributed by atoms with Crippen molar-refractivity contribution < 1.29 is 32.2 Å². The van der Waals surface area contributed by atoms with Crippen molar-refractivity contribution >= 4 is 8.80 Å². The fraction of sp³-hybridized carbons (Fsp3) is 1.00. The van der Waals surface area contributed by atoms with Crippen LogP contribution in [0.4, 0.5) is 0 Å². The van der Waals surface area contributed by atoms with Gasteiger partial charge < -0.3 is 32.2 Å². The van der Waals surface area contributed by atoms with E-state index in [9.17, 15) is 0 Å². The Labute approximate surface area is 116 Å². The zero-order valence-corrected chi connectivity index (χ0v) is 14.0. The maximum Gasteiger partial charge on any atom is 0.566 e. The molecule has 0 aliphatic carbocycles. The van der Waals surface area contributed by atoms with Gasteiger partial charge in [-0.1, -0.05) is 0 Å². The van der Waals surface area contributed by atoms with Crippen LogP contribution in [0.3, 0.4) is 0 Å². The van der Waals surface area contributed by atoms with E-state index in [0.717, 1.165) is 0 Å². The van der Waals surface area contributed by atoms with Crippen LogP contribution in [-0.2, 0) is 32.2 Å². The Morgan fingerprint density at radius 2 is 1.16 bits per heavy atom. The minimum Gasteiger partial charge on any atom is -0.379 e. The molecule has 7 nitrogen and oxygen atoms in total. The Morgan fingerprint density at radius 3 is 1.37 bits per heavy atom. The Kier molecular flexibility index (Phi) is 8.25. The van der Waals surface area contributed by atoms with Gasteiger partial charge in [0.1, 0.15) is 6.10 Å². The lowest BCUT2D eigenvalue weighted by atomic mass is 10.2. The van der Waals surface area contributed by atoms with Gasteiger partial charge in [-0.3, -0.25) is 0 Å². The van der Waals surface area contributed by atoms with Crippen LogP contribution in [0.15, 0.2) is 0 Å². The normalized spacial score (nSPS) is 16.4. The lowest BCUT2D eigenvalue weighted by molar-refractivity contribution is -0.264. The highest BCUT2D eigenvalue weighted by atomic mass is 28.4. The summed E-state index contributed by atoms with van der Waals surface area (Å²) in [6.07, 6.45) is -0.920. The van der Waals surface area contributed by atoms with E-state index in [2.05, 4.69) is 0 Å². The monoisotopic (exact) mass is 298 g/mol. The molecule has 2 unspecified atom stereocenters. The van der Waals surface area contributed by atoms with Crippen molar-refractivity contribution in [1.29, 1.82) is 0 Å². The van der Waals surface area contributed by atoms with Crippen molar-refractivity contribution in [1.82, 2.24) is 0 Å². The lowest BCUT2D eigenvalue weighted by Crippen LogP contribution is -2.73. The molecule has 0 saturated heterocycles. The summed E-state index contributed by atoms with van der Waals surface area (Å²) >= 11 is 0. The van der Waals surface area contributed by atoms with Crippen LogP contribution in [0, 0.1) is 0 Å². The number of ether oxygens (including phenoxy) is 4. The molecule has 0 bridgehead atoms. The number of hydrogen-bond acceptors (Lipinski definition) is 7. The molecular formula is C11H26O7Si. The molecule has 0 rings (SSSR count). The number of methoxy groups -OCH3 is 4. The number of hydrogen-bond donors (Lipinski definition) is 0. The maximum atomic E-state index is 5.56. The van der Waals surface area contributed by atoms with E-state index in [1.807, 2.05) is 6.92 Å². The average Bonchev–Trinajstić information content (AvgIpc) is 2.47. The summed E-state index contributed by atoms with van der Waals surface area (Å²) in [5, 5.41) is 0. The summed E-state index contributed by atoms with van der Waals surface area (Å²) in [7, 11) is 7.21. The second-order valence-corrected chi connectivity index (χ2v) is 6.88. The molecule has 0 aromatic heterocycles. The summed E-state index contributed by atoms with van der Waals surface area (Å²) in [6.45, 7) is 1.83. The Balaban J connectivity index is 5.79. The topological polar surface area (TPSA) is 64.6 Å². The van der Waals surface area contributed by atoms with Gasteiger partial charge in [-0.15, -0.1) is 0 Å². The van der Waals surface area contributed by atoms with Gasteiger partial charge in [0.2, 0.25) is 0 Å². The molecule has 8 heteroatoms. The Hall–Kier alpha value is -0.0631. The van der Waals surface area contributed by atoms with Crippen molar-refractivity contribution in [2.75, 3.05) is 49.8 Å². The first-order valence-electron chi connectivity index (χ1n) is 5.80. The zero-order chi connectivity index (χ0) is 15.1. The quantitative estimate of drug-likeness (QED) is 0.428. The minimum atomic E-state index is -3.31. The smallest absolute Gasteiger partial charge is 0.379 e. The van der Waals surface area contributed by atoms with E-state index in [4.69, 9.17) is 32.2 Å². The molecule has 2 atom stereocenters. The average molecular weight is 298 g/mol. The molecular weight excluding hydrogens is 272 g/mol. The van der Waals surface area contributed by atoms with E-state index in [1.165, 1.54) is 42.7 Å². The fourth-order valence-corrected chi connectivity index (χ4v) is 4.75. The van der Waals surface area contributed by atoms with Gasteiger partial charge in [0.15, 0.2) is 0 Å². The highest BCUT2D eigenvalue weighted by Gasteiger charge is 2.68. The highest BCUT2D eigenvalue weighted by Crippen LogP contribution is 2.34. The summed E-state index contributed by atoms with van der Waals surface area (Å²) in [4.78, 5) is 0. The van der Waals surface area contributed by atoms with Crippen molar-refractivity contribution in [3.8, 4) is 0 Å². The minimum absolute atomic E-state index is 0.322. The fourth-order valence-electron chi connectivity index (χ4n) is 2.20. The molecule has 0 amide bonds. The predicted octanol–water partition coefficient (Wildman–Crippen LogP) is 0.443. The third-order valence-corrected chi connectivity index (χ3v) is 6.42. The molecule has 19 heavy (non-hydrogen) atoms. The van der Waals surface area contributed by atoms with Crippen LogP contribution in [0.2, 0.25) is 0 Å². The van der Waals surface area contributed by atoms with Crippen LogP contribution in [0.25, 0.3) is 0 Å². The van der Waals surface area contributed by atoms with Gasteiger partial charge in [-0.2, -0.15) is 0 Å². The summed E-state index contributed by atoms with van der Waals surface area (Å²) in [5.41, 5.74) is -1.34. The first-order valence-corrected chi connectivity index (χ1v) is 7.52. The molecule has 0 fully saturated rings. The molecule has 0 radical (unpaired) electrons. The molecule has 0 aromatic carbocycles. The van der Waals surface area contributed by atoms with Gasteiger partial charge >= 0.3 is 8.80 Å². The van der Waals surface area contributed by atoms with Crippen LogP contribution in [-0.4, -0.2) is 76.2 Å². The molecule has 0 aliphatic rings. The van der Waals surface area contributed by atoms with Gasteiger partial charge in [-0.05, 0) is 6.92 Å². The van der Waals surface area contributed by atoms with E-state index in [1.54, 1.807) is 7.11 Å². The predicted molar refractivity (Wildman–Crippen MR) is 70.8 cm³/mol. The van der Waals surface area contributed by atoms with Crippen LogP contribution in [0.1, 0.15) is 6.92 Å². The molecule has 0 aliphatic heterocycles. The largest absolute Gasteiger partial charge is 0.566 e. The van der Waals surface area contributed by atoms with E-state index in [-0.39, 0.29) is 6.10 Å². The van der Waals surface area contributed by atoms with E-state index in [0.29, 0.717) is 0 Å². The van der Waals surface area contributed by atoms with Crippen LogP contribution in [0.5, 0.6) is 0 Å². The molecule has 0 spiro atoms. The standard InChI is InChI=1S/C11H26O7Si/c1-9(12-2)10(13-3)11(14-4,15-5)19(16-6,17-7)18-8/h9-10H,1-8H3. The molecule has 0 heterocycles. The van der Waals surface area contributed by atoms with Crippen LogP contribution < -0.4 is 0 Å². The van der Waals surface area contributed by atoms with Gasteiger partial charge in [0.25, 0.3) is 5.41 Å². The maximum absolute atomic E-state index is 5.56. The molecule has 0 saturated carbocycles. The van der Waals surface area contributed by atoms with Crippen molar-refractivity contribution in [2.24, 2.45) is 0 Å². The summed E-state index contributed by atoms with van der Waals surface area (Å²) < 4.78 is 38.3. The third kappa shape index (κ3) is 3.17. The molecule has 0 aromatic rings. The molecule has 116 valence electrons. The van der Waals surface area contributed by atoms with Gasteiger partial charge in [-0.25, -0.2) is 0 Å². The summed E-state index contributed by atoms with van der Waals surface area (Å²) in [5.74, 6) is 0. The van der Waals surface area contributed by atoms with Crippen LogP contribution >= 0.6 is 0 Å². The second kappa shape index (κ2) is 8.27. The van der Waals surface area contributed by atoms with Crippen molar-refractivity contribution in [3.05, 3.63) is 0 Å². The van der Waals surface area contributed by atoms with Crippen molar-refractivity contribution in [2.45, 2.75) is 24.5 Å². The third-order valence-electron chi connectivity index (χ3n) is 3.27. The second-order valence-electron chi connectivity index (χ2n) is 3.84. The number of rotatable bonds is 10. The van der Waals surface area contributed by atoms with Gasteiger partial charge in [0, 0.05) is 49.8 Å². The zero-order valence-electron chi connectivity index (χ0n) is 13.0. The van der Waals surface area contributed by atoms with E-state index < -0.39 is 20.3 Å². The SMILES string of the molecule is COC(C)C(OC)C(OC)(OC)[Si](OC)(OC)OC.